The molecule has 2 heterocycles. The monoisotopic (exact) mass is 261 g/mol. The van der Waals surface area contributed by atoms with Gasteiger partial charge in [-0.25, -0.2) is 0 Å². The predicted molar refractivity (Wildman–Crippen MR) is 75.7 cm³/mol. The third-order valence-electron chi connectivity index (χ3n) is 4.47. The highest BCUT2D eigenvalue weighted by molar-refractivity contribution is 5.47. The van der Waals surface area contributed by atoms with Crippen LogP contribution in [0.25, 0.3) is 0 Å². The van der Waals surface area contributed by atoms with Gasteiger partial charge >= 0.3 is 0 Å². The van der Waals surface area contributed by atoms with Crippen LogP contribution in [0, 0.1) is 13.8 Å². The molecule has 1 spiro atoms. The first-order valence-electron chi connectivity index (χ1n) is 7.17. The van der Waals surface area contributed by atoms with Crippen LogP contribution in [0.1, 0.15) is 42.1 Å². The maximum Gasteiger partial charge on any atom is 0.128 e. The lowest BCUT2D eigenvalue weighted by Gasteiger charge is -2.44. The lowest BCUT2D eigenvalue weighted by Crippen LogP contribution is -2.49. The standard InChI is InChI=1S/C16H23NO2/c1-11-8-12(2)15-13(9-11)14(18-3)10-16(19-15)4-6-17-7-5-16/h8-9,14,17H,4-7,10H2,1-3H3. The number of rotatable bonds is 1. The number of hydrogen-bond donors (Lipinski definition) is 1. The zero-order valence-corrected chi connectivity index (χ0v) is 12.1. The SMILES string of the molecule is COC1CC2(CCNCC2)Oc2c(C)cc(C)cc21. The van der Waals surface area contributed by atoms with Gasteiger partial charge < -0.3 is 14.8 Å². The molecule has 1 aromatic carbocycles. The van der Waals surface area contributed by atoms with Crippen molar-refractivity contribution >= 4 is 0 Å². The topological polar surface area (TPSA) is 30.5 Å². The van der Waals surface area contributed by atoms with Crippen molar-refractivity contribution in [2.75, 3.05) is 20.2 Å². The molecule has 0 aromatic heterocycles. The predicted octanol–water partition coefficient (Wildman–Crippen LogP) is 2.90. The van der Waals surface area contributed by atoms with Crippen LogP contribution in [0.2, 0.25) is 0 Å². The molecule has 0 bridgehead atoms. The third kappa shape index (κ3) is 2.26. The summed E-state index contributed by atoms with van der Waals surface area (Å²) >= 11 is 0. The van der Waals surface area contributed by atoms with Gasteiger partial charge in [-0.2, -0.15) is 0 Å². The van der Waals surface area contributed by atoms with E-state index in [0.29, 0.717) is 0 Å². The minimum atomic E-state index is -0.0288. The van der Waals surface area contributed by atoms with E-state index in [-0.39, 0.29) is 11.7 Å². The molecule has 0 saturated carbocycles. The van der Waals surface area contributed by atoms with Crippen molar-refractivity contribution in [2.24, 2.45) is 0 Å². The lowest BCUT2D eigenvalue weighted by molar-refractivity contribution is -0.0484. The summed E-state index contributed by atoms with van der Waals surface area (Å²) in [4.78, 5) is 0. The van der Waals surface area contributed by atoms with E-state index >= 15 is 0 Å². The van der Waals surface area contributed by atoms with Gasteiger partial charge in [0.05, 0.1) is 6.10 Å². The van der Waals surface area contributed by atoms with Crippen molar-refractivity contribution in [1.82, 2.24) is 5.32 Å². The highest BCUT2D eigenvalue weighted by Crippen LogP contribution is 2.46. The van der Waals surface area contributed by atoms with E-state index < -0.39 is 0 Å². The Bertz CT molecular complexity index is 478. The number of methoxy groups -OCH3 is 1. The van der Waals surface area contributed by atoms with Gasteiger partial charge in [0.2, 0.25) is 0 Å². The van der Waals surface area contributed by atoms with Gasteiger partial charge in [0, 0.05) is 19.1 Å². The average molecular weight is 261 g/mol. The second-order valence-electron chi connectivity index (χ2n) is 5.96. The van der Waals surface area contributed by atoms with Crippen LogP contribution in [0.5, 0.6) is 5.75 Å². The molecule has 0 radical (unpaired) electrons. The minimum absolute atomic E-state index is 0.0288. The third-order valence-corrected chi connectivity index (χ3v) is 4.47. The van der Waals surface area contributed by atoms with Crippen molar-refractivity contribution in [3.8, 4) is 5.75 Å². The number of nitrogens with one attached hydrogen (secondary N) is 1. The minimum Gasteiger partial charge on any atom is -0.486 e. The van der Waals surface area contributed by atoms with Gasteiger partial charge in [-0.15, -0.1) is 0 Å². The summed E-state index contributed by atoms with van der Waals surface area (Å²) in [6, 6.07) is 4.41. The Hall–Kier alpha value is -1.06. The lowest BCUT2D eigenvalue weighted by atomic mass is 9.81. The highest BCUT2D eigenvalue weighted by atomic mass is 16.5. The summed E-state index contributed by atoms with van der Waals surface area (Å²) in [5.41, 5.74) is 3.71. The summed E-state index contributed by atoms with van der Waals surface area (Å²) in [5, 5.41) is 3.42. The fourth-order valence-corrected chi connectivity index (χ4v) is 3.47. The van der Waals surface area contributed by atoms with Gasteiger partial charge in [0.15, 0.2) is 0 Å². The Labute approximate surface area is 115 Å². The van der Waals surface area contributed by atoms with E-state index in [0.717, 1.165) is 38.1 Å². The number of fused-ring (bicyclic) bond motifs is 1. The number of benzene rings is 1. The quantitative estimate of drug-likeness (QED) is 0.843. The molecule has 2 aliphatic heterocycles. The van der Waals surface area contributed by atoms with Crippen LogP contribution < -0.4 is 10.1 Å². The largest absolute Gasteiger partial charge is 0.486 e. The number of ether oxygens (including phenoxy) is 2. The zero-order valence-electron chi connectivity index (χ0n) is 12.1. The summed E-state index contributed by atoms with van der Waals surface area (Å²) in [6.45, 7) is 6.35. The van der Waals surface area contributed by atoms with Crippen LogP contribution >= 0.6 is 0 Å². The zero-order chi connectivity index (χ0) is 13.5. The Kier molecular flexibility index (Phi) is 3.27. The molecule has 0 aliphatic carbocycles. The molecular weight excluding hydrogens is 238 g/mol. The highest BCUT2D eigenvalue weighted by Gasteiger charge is 2.42. The molecule has 1 saturated heterocycles. The van der Waals surface area contributed by atoms with E-state index in [1.807, 2.05) is 7.11 Å². The van der Waals surface area contributed by atoms with Crippen LogP contribution in [-0.4, -0.2) is 25.8 Å². The number of hydrogen-bond acceptors (Lipinski definition) is 3. The van der Waals surface area contributed by atoms with Crippen molar-refractivity contribution in [1.29, 1.82) is 0 Å². The fourth-order valence-electron chi connectivity index (χ4n) is 3.47. The molecule has 3 heteroatoms. The molecule has 1 N–H and O–H groups in total. The molecule has 3 nitrogen and oxygen atoms in total. The smallest absolute Gasteiger partial charge is 0.128 e. The Morgan fingerprint density at radius 1 is 1.26 bits per heavy atom. The second kappa shape index (κ2) is 4.80. The van der Waals surface area contributed by atoms with E-state index in [4.69, 9.17) is 9.47 Å². The van der Waals surface area contributed by atoms with Crippen molar-refractivity contribution in [3.05, 3.63) is 28.8 Å². The molecule has 3 rings (SSSR count). The van der Waals surface area contributed by atoms with Gasteiger partial charge in [-0.05, 0) is 51.4 Å². The van der Waals surface area contributed by atoms with Crippen LogP contribution in [0.15, 0.2) is 12.1 Å². The molecule has 0 amide bonds. The molecule has 1 aromatic rings. The Balaban J connectivity index is 2.02. The normalized spacial score (nSPS) is 24.9. The molecular formula is C16H23NO2. The molecule has 19 heavy (non-hydrogen) atoms. The first-order valence-corrected chi connectivity index (χ1v) is 7.17. The molecule has 1 fully saturated rings. The summed E-state index contributed by atoms with van der Waals surface area (Å²) in [6.07, 6.45) is 3.28. The molecule has 1 atom stereocenters. The summed E-state index contributed by atoms with van der Waals surface area (Å²) in [5.74, 6) is 1.06. The first-order chi connectivity index (χ1) is 9.13. The van der Waals surface area contributed by atoms with Crippen LogP contribution in [0.4, 0.5) is 0 Å². The molecule has 104 valence electrons. The summed E-state index contributed by atoms with van der Waals surface area (Å²) in [7, 11) is 1.81. The Morgan fingerprint density at radius 2 is 2.00 bits per heavy atom. The van der Waals surface area contributed by atoms with Gasteiger partial charge in [-0.3, -0.25) is 0 Å². The van der Waals surface area contributed by atoms with E-state index in [1.54, 1.807) is 0 Å². The molecule has 1 unspecified atom stereocenters. The van der Waals surface area contributed by atoms with E-state index in [1.165, 1.54) is 16.7 Å². The van der Waals surface area contributed by atoms with Crippen molar-refractivity contribution < 1.29 is 9.47 Å². The summed E-state index contributed by atoms with van der Waals surface area (Å²) < 4.78 is 12.2. The van der Waals surface area contributed by atoms with Gasteiger partial charge in [0.25, 0.3) is 0 Å². The second-order valence-corrected chi connectivity index (χ2v) is 5.96. The maximum atomic E-state index is 6.46. The van der Waals surface area contributed by atoms with Crippen LogP contribution in [-0.2, 0) is 4.74 Å². The van der Waals surface area contributed by atoms with Gasteiger partial charge in [-0.1, -0.05) is 11.6 Å². The van der Waals surface area contributed by atoms with Crippen LogP contribution in [0.3, 0.4) is 0 Å². The maximum absolute atomic E-state index is 6.46. The fraction of sp³-hybridized carbons (Fsp3) is 0.625. The number of aryl methyl sites for hydroxylation is 2. The van der Waals surface area contributed by atoms with E-state index in [2.05, 4.69) is 31.3 Å². The Morgan fingerprint density at radius 3 is 2.68 bits per heavy atom. The van der Waals surface area contributed by atoms with E-state index in [9.17, 15) is 0 Å². The molecule has 2 aliphatic rings. The average Bonchev–Trinajstić information content (AvgIpc) is 2.40. The first kappa shape index (κ1) is 12.9. The number of piperidine rings is 1. The van der Waals surface area contributed by atoms with Gasteiger partial charge in [0.1, 0.15) is 11.4 Å². The van der Waals surface area contributed by atoms with Crippen molar-refractivity contribution in [3.63, 3.8) is 0 Å². The van der Waals surface area contributed by atoms with Crippen molar-refractivity contribution in [2.45, 2.75) is 44.8 Å².